The summed E-state index contributed by atoms with van der Waals surface area (Å²) in [5, 5.41) is 3.70. The van der Waals surface area contributed by atoms with Gasteiger partial charge in [0, 0.05) is 17.8 Å². The third-order valence-electron chi connectivity index (χ3n) is 3.93. The fourth-order valence-corrected chi connectivity index (χ4v) is 2.94. The monoisotopic (exact) mass is 247 g/mol. The molecule has 100 valence electrons. The molecule has 2 atom stereocenters. The summed E-state index contributed by atoms with van der Waals surface area (Å²) < 4.78 is 5.55. The van der Waals surface area contributed by atoms with Crippen LogP contribution in [0, 0.1) is 5.92 Å². The van der Waals surface area contributed by atoms with Crippen molar-refractivity contribution in [1.29, 1.82) is 0 Å². The predicted molar refractivity (Wildman–Crippen MR) is 77.3 cm³/mol. The SMILES string of the molecule is CCOc1cccc(NC2CCCCC2CC)c1. The molecule has 0 spiro atoms. The Morgan fingerprint density at radius 3 is 2.83 bits per heavy atom. The van der Waals surface area contributed by atoms with Crippen LogP contribution in [0.15, 0.2) is 24.3 Å². The number of anilines is 1. The first-order valence-electron chi connectivity index (χ1n) is 7.33. The van der Waals surface area contributed by atoms with Crippen molar-refractivity contribution in [3.63, 3.8) is 0 Å². The molecule has 2 heteroatoms. The van der Waals surface area contributed by atoms with Gasteiger partial charge in [-0.3, -0.25) is 0 Å². The Kier molecular flexibility index (Phi) is 4.91. The predicted octanol–water partition coefficient (Wildman–Crippen LogP) is 4.47. The molecule has 2 rings (SSSR count). The first-order chi connectivity index (χ1) is 8.83. The van der Waals surface area contributed by atoms with Gasteiger partial charge < -0.3 is 10.1 Å². The second-order valence-electron chi connectivity index (χ2n) is 5.16. The lowest BCUT2D eigenvalue weighted by Gasteiger charge is -2.32. The molecule has 1 N–H and O–H groups in total. The zero-order chi connectivity index (χ0) is 12.8. The highest BCUT2D eigenvalue weighted by atomic mass is 16.5. The summed E-state index contributed by atoms with van der Waals surface area (Å²) in [6.45, 7) is 5.06. The van der Waals surface area contributed by atoms with Crippen LogP contribution >= 0.6 is 0 Å². The molecular weight excluding hydrogens is 222 g/mol. The van der Waals surface area contributed by atoms with E-state index >= 15 is 0 Å². The number of nitrogens with one attached hydrogen (secondary N) is 1. The van der Waals surface area contributed by atoms with E-state index in [1.54, 1.807) is 0 Å². The number of ether oxygens (including phenoxy) is 1. The summed E-state index contributed by atoms with van der Waals surface area (Å²) in [6, 6.07) is 8.99. The van der Waals surface area contributed by atoms with E-state index in [4.69, 9.17) is 4.74 Å². The number of rotatable bonds is 5. The van der Waals surface area contributed by atoms with Crippen LogP contribution < -0.4 is 10.1 Å². The average molecular weight is 247 g/mol. The van der Waals surface area contributed by atoms with Gasteiger partial charge >= 0.3 is 0 Å². The van der Waals surface area contributed by atoms with Crippen LogP contribution in [0.2, 0.25) is 0 Å². The molecule has 1 aliphatic carbocycles. The van der Waals surface area contributed by atoms with E-state index in [0.717, 1.165) is 18.3 Å². The van der Waals surface area contributed by atoms with Crippen molar-refractivity contribution in [2.24, 2.45) is 5.92 Å². The van der Waals surface area contributed by atoms with Gasteiger partial charge in [-0.05, 0) is 37.8 Å². The van der Waals surface area contributed by atoms with E-state index in [9.17, 15) is 0 Å². The fourth-order valence-electron chi connectivity index (χ4n) is 2.94. The Bertz CT molecular complexity index is 364. The minimum Gasteiger partial charge on any atom is -0.494 e. The van der Waals surface area contributed by atoms with Gasteiger partial charge in [-0.25, -0.2) is 0 Å². The van der Waals surface area contributed by atoms with Gasteiger partial charge in [0.15, 0.2) is 0 Å². The Hall–Kier alpha value is -1.18. The van der Waals surface area contributed by atoms with Gasteiger partial charge in [-0.15, -0.1) is 0 Å². The van der Waals surface area contributed by atoms with E-state index < -0.39 is 0 Å². The van der Waals surface area contributed by atoms with Crippen molar-refractivity contribution in [1.82, 2.24) is 0 Å². The molecule has 0 amide bonds. The topological polar surface area (TPSA) is 21.3 Å². The maximum atomic E-state index is 5.55. The second kappa shape index (κ2) is 6.67. The number of benzene rings is 1. The quantitative estimate of drug-likeness (QED) is 0.829. The summed E-state index contributed by atoms with van der Waals surface area (Å²) in [5.74, 6) is 1.79. The molecule has 0 aliphatic heterocycles. The first kappa shape index (κ1) is 13.3. The van der Waals surface area contributed by atoms with Crippen LogP contribution in [0.25, 0.3) is 0 Å². The van der Waals surface area contributed by atoms with Crippen LogP contribution in [-0.2, 0) is 0 Å². The Labute approximate surface area is 111 Å². The lowest BCUT2D eigenvalue weighted by molar-refractivity contribution is 0.317. The van der Waals surface area contributed by atoms with Crippen molar-refractivity contribution in [2.45, 2.75) is 52.0 Å². The molecule has 1 aliphatic rings. The van der Waals surface area contributed by atoms with E-state index in [-0.39, 0.29) is 0 Å². The molecule has 0 radical (unpaired) electrons. The van der Waals surface area contributed by atoms with Crippen molar-refractivity contribution >= 4 is 5.69 Å². The Morgan fingerprint density at radius 2 is 2.06 bits per heavy atom. The van der Waals surface area contributed by atoms with E-state index in [2.05, 4.69) is 30.4 Å². The highest BCUT2D eigenvalue weighted by Crippen LogP contribution is 2.30. The van der Waals surface area contributed by atoms with Gasteiger partial charge in [-0.2, -0.15) is 0 Å². The maximum Gasteiger partial charge on any atom is 0.121 e. The summed E-state index contributed by atoms with van der Waals surface area (Å²) in [5.41, 5.74) is 1.20. The Balaban J connectivity index is 2.00. The minimum absolute atomic E-state index is 0.639. The highest BCUT2D eigenvalue weighted by Gasteiger charge is 2.23. The van der Waals surface area contributed by atoms with Gasteiger partial charge in [-0.1, -0.05) is 32.3 Å². The smallest absolute Gasteiger partial charge is 0.121 e. The zero-order valence-corrected chi connectivity index (χ0v) is 11.6. The maximum absolute atomic E-state index is 5.55. The molecule has 1 fully saturated rings. The third-order valence-corrected chi connectivity index (χ3v) is 3.93. The van der Waals surface area contributed by atoms with Gasteiger partial charge in [0.05, 0.1) is 6.61 Å². The summed E-state index contributed by atoms with van der Waals surface area (Å²) >= 11 is 0. The van der Waals surface area contributed by atoms with Gasteiger partial charge in [0.25, 0.3) is 0 Å². The molecule has 1 aromatic carbocycles. The molecule has 0 heterocycles. The van der Waals surface area contributed by atoms with Crippen molar-refractivity contribution in [2.75, 3.05) is 11.9 Å². The molecule has 18 heavy (non-hydrogen) atoms. The lowest BCUT2D eigenvalue weighted by Crippen LogP contribution is -2.31. The molecule has 0 aromatic heterocycles. The second-order valence-corrected chi connectivity index (χ2v) is 5.16. The zero-order valence-electron chi connectivity index (χ0n) is 11.6. The van der Waals surface area contributed by atoms with E-state index in [1.165, 1.54) is 37.8 Å². The van der Waals surface area contributed by atoms with Crippen LogP contribution in [-0.4, -0.2) is 12.6 Å². The number of hydrogen-bond acceptors (Lipinski definition) is 2. The largest absolute Gasteiger partial charge is 0.494 e. The summed E-state index contributed by atoms with van der Waals surface area (Å²) in [4.78, 5) is 0. The molecule has 1 aromatic rings. The molecule has 0 saturated heterocycles. The molecule has 1 saturated carbocycles. The molecule has 2 unspecified atom stereocenters. The summed E-state index contributed by atoms with van der Waals surface area (Å²) in [7, 11) is 0. The molecule has 2 nitrogen and oxygen atoms in total. The van der Waals surface area contributed by atoms with Gasteiger partial charge in [0.2, 0.25) is 0 Å². The molecular formula is C16H25NO. The van der Waals surface area contributed by atoms with Crippen molar-refractivity contribution < 1.29 is 4.74 Å². The first-order valence-corrected chi connectivity index (χ1v) is 7.33. The average Bonchev–Trinajstić information content (AvgIpc) is 2.40. The van der Waals surface area contributed by atoms with Crippen LogP contribution in [0.1, 0.15) is 46.0 Å². The number of hydrogen-bond donors (Lipinski definition) is 1. The van der Waals surface area contributed by atoms with Crippen LogP contribution in [0.3, 0.4) is 0 Å². The lowest BCUT2D eigenvalue weighted by atomic mass is 9.83. The Morgan fingerprint density at radius 1 is 1.22 bits per heavy atom. The molecule has 0 bridgehead atoms. The normalized spacial score (nSPS) is 23.7. The van der Waals surface area contributed by atoms with Gasteiger partial charge in [0.1, 0.15) is 5.75 Å². The third kappa shape index (κ3) is 3.41. The fraction of sp³-hybridized carbons (Fsp3) is 0.625. The highest BCUT2D eigenvalue weighted by molar-refractivity contribution is 5.49. The van der Waals surface area contributed by atoms with E-state index in [0.29, 0.717) is 6.04 Å². The standard InChI is InChI=1S/C16H25NO/c1-3-13-8-5-6-11-16(13)17-14-9-7-10-15(12-14)18-4-2/h7,9-10,12-13,16-17H,3-6,8,11H2,1-2H3. The minimum atomic E-state index is 0.639. The van der Waals surface area contributed by atoms with Crippen LogP contribution in [0.4, 0.5) is 5.69 Å². The van der Waals surface area contributed by atoms with Crippen molar-refractivity contribution in [3.05, 3.63) is 24.3 Å². The summed E-state index contributed by atoms with van der Waals surface area (Å²) in [6.07, 6.45) is 6.72. The van der Waals surface area contributed by atoms with Crippen LogP contribution in [0.5, 0.6) is 5.75 Å². The van der Waals surface area contributed by atoms with E-state index in [1.807, 2.05) is 13.0 Å². The van der Waals surface area contributed by atoms with Crippen molar-refractivity contribution in [3.8, 4) is 5.75 Å².